The van der Waals surface area contributed by atoms with Crippen LogP contribution in [0.15, 0.2) is 36.8 Å². The lowest BCUT2D eigenvalue weighted by Gasteiger charge is -2.19. The zero-order valence-electron chi connectivity index (χ0n) is 12.2. The van der Waals surface area contributed by atoms with Gasteiger partial charge in [0.05, 0.1) is 43.2 Å². The van der Waals surface area contributed by atoms with Crippen molar-refractivity contribution in [3.63, 3.8) is 0 Å². The lowest BCUT2D eigenvalue weighted by molar-refractivity contribution is 0.180. The van der Waals surface area contributed by atoms with E-state index >= 15 is 0 Å². The van der Waals surface area contributed by atoms with E-state index in [0.717, 1.165) is 36.8 Å². The molecule has 0 saturated carbocycles. The van der Waals surface area contributed by atoms with Crippen molar-refractivity contribution in [2.75, 3.05) is 19.8 Å². The molecule has 2 N–H and O–H groups in total. The number of hydrogen-bond donors (Lipinski definition) is 1. The van der Waals surface area contributed by atoms with Crippen molar-refractivity contribution < 1.29 is 9.47 Å². The molecule has 2 atom stereocenters. The number of hydrogen-bond acceptors (Lipinski definition) is 4. The number of rotatable bonds is 5. The Labute approximate surface area is 124 Å². The fourth-order valence-corrected chi connectivity index (χ4v) is 2.73. The van der Waals surface area contributed by atoms with Crippen LogP contribution in [0.3, 0.4) is 0 Å². The molecule has 2 heterocycles. The van der Waals surface area contributed by atoms with Crippen LogP contribution in [0.25, 0.3) is 5.69 Å². The summed E-state index contributed by atoms with van der Waals surface area (Å²) in [6.07, 6.45) is 4.65. The molecule has 5 nitrogen and oxygen atoms in total. The molecule has 1 aromatic heterocycles. The maximum atomic E-state index is 6.41. The lowest BCUT2D eigenvalue weighted by Crippen LogP contribution is -2.24. The number of benzene rings is 1. The van der Waals surface area contributed by atoms with Crippen molar-refractivity contribution in [1.82, 2.24) is 9.55 Å². The molecule has 0 bridgehead atoms. The van der Waals surface area contributed by atoms with E-state index in [0.29, 0.717) is 12.5 Å². The molecular weight excluding hydrogens is 266 g/mol. The Hall–Kier alpha value is -1.85. The normalized spacial score (nSPS) is 19.6. The van der Waals surface area contributed by atoms with Gasteiger partial charge >= 0.3 is 0 Å². The first-order valence-electron chi connectivity index (χ1n) is 7.38. The van der Waals surface area contributed by atoms with Crippen molar-refractivity contribution in [1.29, 1.82) is 0 Å². The van der Waals surface area contributed by atoms with E-state index in [-0.39, 0.29) is 6.04 Å². The van der Waals surface area contributed by atoms with Gasteiger partial charge in [0, 0.05) is 18.6 Å². The summed E-state index contributed by atoms with van der Waals surface area (Å²) < 4.78 is 13.0. The van der Waals surface area contributed by atoms with Crippen LogP contribution >= 0.6 is 0 Å². The summed E-state index contributed by atoms with van der Waals surface area (Å²) in [6, 6.07) is 7.91. The summed E-state index contributed by atoms with van der Waals surface area (Å²) in [6.45, 7) is 4.15. The smallest absolute Gasteiger partial charge is 0.121 e. The molecule has 1 aliphatic heterocycles. The Morgan fingerprint density at radius 2 is 2.43 bits per heavy atom. The first-order chi connectivity index (χ1) is 10.3. The van der Waals surface area contributed by atoms with Crippen molar-refractivity contribution in [2.45, 2.75) is 19.4 Å². The van der Waals surface area contributed by atoms with Crippen molar-refractivity contribution >= 4 is 0 Å². The predicted octanol–water partition coefficient (Wildman–Crippen LogP) is 2.31. The van der Waals surface area contributed by atoms with Crippen LogP contribution in [0, 0.1) is 5.92 Å². The van der Waals surface area contributed by atoms with Crippen LogP contribution in [0.4, 0.5) is 0 Å². The Balaban J connectivity index is 1.89. The molecule has 1 saturated heterocycles. The van der Waals surface area contributed by atoms with Crippen LogP contribution < -0.4 is 10.5 Å². The van der Waals surface area contributed by atoms with Crippen molar-refractivity contribution in [3.8, 4) is 11.4 Å². The van der Waals surface area contributed by atoms with E-state index in [9.17, 15) is 0 Å². The van der Waals surface area contributed by atoms with E-state index in [2.05, 4.69) is 4.98 Å². The number of imidazole rings is 1. The molecule has 2 aromatic rings. The highest BCUT2D eigenvalue weighted by Crippen LogP contribution is 2.28. The van der Waals surface area contributed by atoms with Gasteiger partial charge in [0.25, 0.3) is 0 Å². The number of aromatic nitrogens is 2. The Kier molecular flexibility index (Phi) is 4.22. The van der Waals surface area contributed by atoms with Gasteiger partial charge in [0.2, 0.25) is 0 Å². The SMILES string of the molecule is CCOc1cccc(-n2cncc2C(N)C2CCOC2)c1. The minimum Gasteiger partial charge on any atom is -0.494 e. The van der Waals surface area contributed by atoms with E-state index in [1.54, 1.807) is 6.33 Å². The topological polar surface area (TPSA) is 62.3 Å². The first-order valence-corrected chi connectivity index (χ1v) is 7.38. The molecule has 2 unspecified atom stereocenters. The first kappa shape index (κ1) is 14.1. The largest absolute Gasteiger partial charge is 0.494 e. The molecule has 3 rings (SSSR count). The molecule has 5 heteroatoms. The highest BCUT2D eigenvalue weighted by Gasteiger charge is 2.26. The monoisotopic (exact) mass is 287 g/mol. The second kappa shape index (κ2) is 6.28. The number of nitrogens with two attached hydrogens (primary N) is 1. The minimum absolute atomic E-state index is 0.0641. The summed E-state index contributed by atoms with van der Waals surface area (Å²) in [5.41, 5.74) is 8.44. The molecule has 1 aromatic carbocycles. The number of nitrogens with zero attached hydrogens (tertiary/aromatic N) is 2. The predicted molar refractivity (Wildman–Crippen MR) is 80.6 cm³/mol. The zero-order valence-corrected chi connectivity index (χ0v) is 12.2. The van der Waals surface area contributed by atoms with Crippen LogP contribution in [0.1, 0.15) is 25.1 Å². The van der Waals surface area contributed by atoms with Crippen LogP contribution in [0.2, 0.25) is 0 Å². The third-order valence-corrected chi connectivity index (χ3v) is 3.89. The summed E-state index contributed by atoms with van der Waals surface area (Å²) in [5.74, 6) is 1.21. The van der Waals surface area contributed by atoms with Gasteiger partial charge in [0.15, 0.2) is 0 Å². The highest BCUT2D eigenvalue weighted by molar-refractivity contribution is 5.41. The minimum atomic E-state index is -0.0641. The van der Waals surface area contributed by atoms with Crippen LogP contribution in [-0.4, -0.2) is 29.4 Å². The summed E-state index contributed by atoms with van der Waals surface area (Å²) >= 11 is 0. The second-order valence-electron chi connectivity index (χ2n) is 5.27. The molecule has 0 radical (unpaired) electrons. The van der Waals surface area contributed by atoms with E-state index < -0.39 is 0 Å². The van der Waals surface area contributed by atoms with Gasteiger partial charge < -0.3 is 19.8 Å². The van der Waals surface area contributed by atoms with Gasteiger partial charge in [-0.2, -0.15) is 0 Å². The molecule has 21 heavy (non-hydrogen) atoms. The molecule has 1 fully saturated rings. The van der Waals surface area contributed by atoms with Crippen LogP contribution in [0.5, 0.6) is 5.75 Å². The van der Waals surface area contributed by atoms with Crippen LogP contribution in [-0.2, 0) is 4.74 Å². The Morgan fingerprint density at radius 1 is 1.52 bits per heavy atom. The van der Waals surface area contributed by atoms with Crippen molar-refractivity contribution in [2.24, 2.45) is 11.7 Å². The van der Waals surface area contributed by atoms with Gasteiger partial charge in [-0.05, 0) is 25.5 Å². The van der Waals surface area contributed by atoms with Gasteiger partial charge in [-0.3, -0.25) is 0 Å². The van der Waals surface area contributed by atoms with Crippen molar-refractivity contribution in [3.05, 3.63) is 42.5 Å². The standard InChI is InChI=1S/C16H21N3O2/c1-2-21-14-5-3-4-13(8-14)19-11-18-9-15(19)16(17)12-6-7-20-10-12/h3-5,8-9,11-12,16H,2,6-7,10,17H2,1H3. The van der Waals surface area contributed by atoms with E-state index in [1.165, 1.54) is 0 Å². The van der Waals surface area contributed by atoms with E-state index in [1.807, 2.05) is 42.0 Å². The summed E-state index contributed by atoms with van der Waals surface area (Å²) in [4.78, 5) is 4.27. The maximum Gasteiger partial charge on any atom is 0.121 e. The molecule has 112 valence electrons. The Bertz CT molecular complexity index is 591. The molecular formula is C16H21N3O2. The van der Waals surface area contributed by atoms with E-state index in [4.69, 9.17) is 15.2 Å². The molecule has 0 spiro atoms. The molecule has 1 aliphatic rings. The van der Waals surface area contributed by atoms with Gasteiger partial charge in [-0.25, -0.2) is 4.98 Å². The number of ether oxygens (including phenoxy) is 2. The maximum absolute atomic E-state index is 6.41. The summed E-state index contributed by atoms with van der Waals surface area (Å²) in [5, 5.41) is 0. The quantitative estimate of drug-likeness (QED) is 0.916. The molecule has 0 aliphatic carbocycles. The molecule has 0 amide bonds. The van der Waals surface area contributed by atoms with Gasteiger partial charge in [0.1, 0.15) is 5.75 Å². The van der Waals surface area contributed by atoms with Gasteiger partial charge in [-0.15, -0.1) is 0 Å². The van der Waals surface area contributed by atoms with Gasteiger partial charge in [-0.1, -0.05) is 6.07 Å². The Morgan fingerprint density at radius 3 is 3.19 bits per heavy atom. The summed E-state index contributed by atoms with van der Waals surface area (Å²) in [7, 11) is 0. The fourth-order valence-electron chi connectivity index (χ4n) is 2.73. The lowest BCUT2D eigenvalue weighted by atomic mass is 9.97. The zero-order chi connectivity index (χ0) is 14.7. The fraction of sp³-hybridized carbons (Fsp3) is 0.438. The average molecular weight is 287 g/mol. The third kappa shape index (κ3) is 2.94. The average Bonchev–Trinajstić information content (AvgIpc) is 3.19. The third-order valence-electron chi connectivity index (χ3n) is 3.89. The highest BCUT2D eigenvalue weighted by atomic mass is 16.5. The second-order valence-corrected chi connectivity index (χ2v) is 5.27.